The summed E-state index contributed by atoms with van der Waals surface area (Å²) in [6, 6.07) is 3.23. The Hall–Kier alpha value is -2.55. The molecule has 6 nitrogen and oxygen atoms in total. The minimum atomic E-state index is -0.952. The molecule has 0 saturated carbocycles. The third kappa shape index (κ3) is 3.32. The molecule has 0 aliphatic carbocycles. The van der Waals surface area contributed by atoms with Crippen LogP contribution >= 0.6 is 11.8 Å². The molecule has 0 radical (unpaired) electrons. The first-order chi connectivity index (χ1) is 12.0. The zero-order valence-corrected chi connectivity index (χ0v) is 14.2. The van der Waals surface area contributed by atoms with Gasteiger partial charge in [-0.05, 0) is 18.6 Å². The first kappa shape index (κ1) is 17.3. The lowest BCUT2D eigenvalue weighted by Gasteiger charge is -2.06. The summed E-state index contributed by atoms with van der Waals surface area (Å²) < 4.78 is 28.8. The van der Waals surface area contributed by atoms with E-state index in [0.29, 0.717) is 5.16 Å². The maximum absolute atomic E-state index is 13.9. The van der Waals surface area contributed by atoms with Gasteiger partial charge in [0.05, 0.1) is 0 Å². The SMILES string of the molecule is CCCCSc1nc(N)c2ncn(C(=O)c3c(F)cccc3F)c2n1. The Morgan fingerprint density at radius 3 is 2.68 bits per heavy atom. The normalized spacial score (nSPS) is 11.2. The quantitative estimate of drug-likeness (QED) is 0.425. The van der Waals surface area contributed by atoms with E-state index in [4.69, 9.17) is 5.73 Å². The second kappa shape index (κ2) is 7.14. The Bertz CT molecular complexity index is 923. The molecule has 0 spiro atoms. The average molecular weight is 363 g/mol. The molecular weight excluding hydrogens is 348 g/mol. The van der Waals surface area contributed by atoms with E-state index in [0.717, 1.165) is 41.6 Å². The molecule has 0 bridgehead atoms. The van der Waals surface area contributed by atoms with Crippen LogP contribution in [0, 0.1) is 11.6 Å². The highest BCUT2D eigenvalue weighted by Crippen LogP contribution is 2.24. The fourth-order valence-electron chi connectivity index (χ4n) is 2.24. The average Bonchev–Trinajstić information content (AvgIpc) is 2.99. The molecule has 25 heavy (non-hydrogen) atoms. The summed E-state index contributed by atoms with van der Waals surface area (Å²) in [6.45, 7) is 2.07. The molecule has 0 atom stereocenters. The van der Waals surface area contributed by atoms with E-state index >= 15 is 0 Å². The van der Waals surface area contributed by atoms with Gasteiger partial charge >= 0.3 is 0 Å². The molecule has 0 amide bonds. The summed E-state index contributed by atoms with van der Waals surface area (Å²) >= 11 is 1.40. The third-order valence-electron chi connectivity index (χ3n) is 3.53. The highest BCUT2D eigenvalue weighted by Gasteiger charge is 2.22. The van der Waals surface area contributed by atoms with Crippen molar-refractivity contribution < 1.29 is 13.6 Å². The number of fused-ring (bicyclic) bond motifs is 1. The van der Waals surface area contributed by atoms with Crippen molar-refractivity contribution >= 4 is 34.7 Å². The fraction of sp³-hybridized carbons (Fsp3) is 0.250. The van der Waals surface area contributed by atoms with Crippen molar-refractivity contribution in [1.29, 1.82) is 0 Å². The van der Waals surface area contributed by atoms with Crippen LogP contribution in [0.5, 0.6) is 0 Å². The molecule has 0 saturated heterocycles. The van der Waals surface area contributed by atoms with Crippen molar-refractivity contribution in [3.05, 3.63) is 41.7 Å². The van der Waals surface area contributed by atoms with Crippen molar-refractivity contribution in [2.24, 2.45) is 0 Å². The minimum absolute atomic E-state index is 0.115. The van der Waals surface area contributed by atoms with Gasteiger partial charge in [0.1, 0.15) is 23.5 Å². The van der Waals surface area contributed by atoms with E-state index in [1.807, 2.05) is 0 Å². The lowest BCUT2D eigenvalue weighted by Crippen LogP contribution is -2.15. The molecule has 3 rings (SSSR count). The zero-order chi connectivity index (χ0) is 18.0. The van der Waals surface area contributed by atoms with Crippen LogP contribution in [0.15, 0.2) is 29.7 Å². The number of thioether (sulfide) groups is 1. The lowest BCUT2D eigenvalue weighted by molar-refractivity contribution is 0.0955. The summed E-state index contributed by atoms with van der Waals surface area (Å²) in [6.07, 6.45) is 3.14. The minimum Gasteiger partial charge on any atom is -0.382 e. The van der Waals surface area contributed by atoms with Gasteiger partial charge in [-0.15, -0.1) is 0 Å². The zero-order valence-electron chi connectivity index (χ0n) is 13.4. The number of anilines is 1. The molecule has 0 unspecified atom stereocenters. The molecule has 1 aromatic carbocycles. The molecular formula is C16H15F2N5OS. The number of halogens is 2. The van der Waals surface area contributed by atoms with Crippen LogP contribution in [0.3, 0.4) is 0 Å². The van der Waals surface area contributed by atoms with Gasteiger partial charge in [0, 0.05) is 5.75 Å². The van der Waals surface area contributed by atoms with Gasteiger partial charge in [-0.3, -0.25) is 4.79 Å². The van der Waals surface area contributed by atoms with Gasteiger partial charge in [0.2, 0.25) is 0 Å². The summed E-state index contributed by atoms with van der Waals surface area (Å²) in [5.41, 5.74) is 5.54. The second-order valence-corrected chi connectivity index (χ2v) is 6.34. The fourth-order valence-corrected chi connectivity index (χ4v) is 3.17. The number of carbonyl (C=O) groups excluding carboxylic acids is 1. The van der Waals surface area contributed by atoms with Gasteiger partial charge in [0.25, 0.3) is 5.91 Å². The van der Waals surface area contributed by atoms with E-state index in [9.17, 15) is 13.6 Å². The number of aromatic nitrogens is 4. The molecule has 0 fully saturated rings. The molecule has 3 aromatic rings. The van der Waals surface area contributed by atoms with Crippen LogP contribution in [-0.4, -0.2) is 31.2 Å². The van der Waals surface area contributed by atoms with Crippen molar-refractivity contribution in [3.63, 3.8) is 0 Å². The monoisotopic (exact) mass is 363 g/mol. The first-order valence-corrected chi connectivity index (χ1v) is 8.63. The molecule has 0 aliphatic heterocycles. The largest absolute Gasteiger partial charge is 0.382 e. The van der Waals surface area contributed by atoms with Gasteiger partial charge in [0.15, 0.2) is 22.1 Å². The summed E-state index contributed by atoms with van der Waals surface area (Å²) in [5.74, 6) is -1.89. The highest BCUT2D eigenvalue weighted by molar-refractivity contribution is 7.99. The Kier molecular flexibility index (Phi) is 4.93. The van der Waals surface area contributed by atoms with Crippen molar-refractivity contribution in [2.45, 2.75) is 24.9 Å². The van der Waals surface area contributed by atoms with Crippen LogP contribution in [0.25, 0.3) is 11.2 Å². The van der Waals surface area contributed by atoms with Crippen LogP contribution in [0.2, 0.25) is 0 Å². The Labute approximate surface area is 146 Å². The van der Waals surface area contributed by atoms with E-state index in [-0.39, 0.29) is 17.0 Å². The summed E-state index contributed by atoms with van der Waals surface area (Å²) in [7, 11) is 0. The lowest BCUT2D eigenvalue weighted by atomic mass is 10.2. The second-order valence-electron chi connectivity index (χ2n) is 5.28. The van der Waals surface area contributed by atoms with Gasteiger partial charge < -0.3 is 5.73 Å². The van der Waals surface area contributed by atoms with Crippen LogP contribution < -0.4 is 5.73 Å². The Morgan fingerprint density at radius 2 is 2.00 bits per heavy atom. The number of hydrogen-bond donors (Lipinski definition) is 1. The summed E-state index contributed by atoms with van der Waals surface area (Å²) in [4.78, 5) is 25.0. The van der Waals surface area contributed by atoms with Gasteiger partial charge in [-0.1, -0.05) is 31.2 Å². The smallest absolute Gasteiger partial charge is 0.270 e. The number of carbonyl (C=O) groups is 1. The maximum Gasteiger partial charge on any atom is 0.270 e. The van der Waals surface area contributed by atoms with Crippen LogP contribution in [-0.2, 0) is 0 Å². The summed E-state index contributed by atoms with van der Waals surface area (Å²) in [5, 5.41) is 0.391. The first-order valence-electron chi connectivity index (χ1n) is 7.65. The number of hydrogen-bond acceptors (Lipinski definition) is 6. The number of imidazole rings is 1. The molecule has 0 aliphatic rings. The van der Waals surface area contributed by atoms with E-state index < -0.39 is 23.1 Å². The van der Waals surface area contributed by atoms with Crippen molar-refractivity contribution in [1.82, 2.24) is 19.5 Å². The topological polar surface area (TPSA) is 86.7 Å². The standard InChI is InChI=1S/C16H15F2N5OS/c1-2-3-7-25-16-21-13(19)12-14(22-16)23(8-20-12)15(24)11-9(17)5-4-6-10(11)18/h4-6,8H,2-3,7H2,1H3,(H2,19,21,22). The predicted molar refractivity (Wildman–Crippen MR) is 91.5 cm³/mol. The maximum atomic E-state index is 13.9. The molecule has 2 aromatic heterocycles. The molecule has 130 valence electrons. The number of nitrogen functional groups attached to an aromatic ring is 1. The third-order valence-corrected chi connectivity index (χ3v) is 4.46. The highest BCUT2D eigenvalue weighted by atomic mass is 32.2. The van der Waals surface area contributed by atoms with Crippen LogP contribution in [0.4, 0.5) is 14.6 Å². The predicted octanol–water partition coefficient (Wildman–Crippen LogP) is 3.27. The number of nitrogens with two attached hydrogens (primary N) is 1. The van der Waals surface area contributed by atoms with E-state index in [1.54, 1.807) is 0 Å². The number of nitrogens with zero attached hydrogens (tertiary/aromatic N) is 4. The van der Waals surface area contributed by atoms with E-state index in [2.05, 4.69) is 21.9 Å². The Morgan fingerprint density at radius 1 is 1.28 bits per heavy atom. The molecule has 2 N–H and O–H groups in total. The number of unbranched alkanes of at least 4 members (excludes halogenated alkanes) is 1. The van der Waals surface area contributed by atoms with Crippen LogP contribution in [0.1, 0.15) is 30.1 Å². The molecule has 2 heterocycles. The Balaban J connectivity index is 2.06. The van der Waals surface area contributed by atoms with E-state index in [1.165, 1.54) is 17.8 Å². The number of benzene rings is 1. The van der Waals surface area contributed by atoms with Gasteiger partial charge in [-0.25, -0.2) is 28.3 Å². The van der Waals surface area contributed by atoms with Crippen molar-refractivity contribution in [3.8, 4) is 0 Å². The molecule has 9 heteroatoms. The number of rotatable bonds is 5. The van der Waals surface area contributed by atoms with Crippen molar-refractivity contribution in [2.75, 3.05) is 11.5 Å². The van der Waals surface area contributed by atoms with Gasteiger partial charge in [-0.2, -0.15) is 0 Å².